The minimum absolute atomic E-state index is 0.392. The van der Waals surface area contributed by atoms with Gasteiger partial charge in [-0.2, -0.15) is 0 Å². The molecule has 3 N–H and O–H groups in total. The summed E-state index contributed by atoms with van der Waals surface area (Å²) in [6.07, 6.45) is 6.17. The standard InChI is InChI=1S/C13H20N2/c1-2-3-9-13(15-14)11-10-12-7-5-4-6-8-12/h2,4-8,13,15H,1,3,9-11,14H2. The summed E-state index contributed by atoms with van der Waals surface area (Å²) in [6, 6.07) is 10.9. The number of hydrogen-bond donors (Lipinski definition) is 2. The Hall–Kier alpha value is -1.12. The van der Waals surface area contributed by atoms with Crippen LogP contribution in [0.4, 0.5) is 0 Å². The van der Waals surface area contributed by atoms with Gasteiger partial charge in [-0.3, -0.25) is 11.3 Å². The van der Waals surface area contributed by atoms with E-state index in [0.717, 1.165) is 25.7 Å². The molecular weight excluding hydrogens is 184 g/mol. The Kier molecular flexibility index (Phi) is 5.74. The maximum Gasteiger partial charge on any atom is 0.0216 e. The Bertz CT molecular complexity index is 269. The molecule has 2 nitrogen and oxygen atoms in total. The number of nitrogens with one attached hydrogen (secondary N) is 1. The highest BCUT2D eigenvalue weighted by Crippen LogP contribution is 2.08. The quantitative estimate of drug-likeness (QED) is 0.406. The Balaban J connectivity index is 2.31. The zero-order valence-electron chi connectivity index (χ0n) is 9.15. The van der Waals surface area contributed by atoms with Crippen LogP contribution in [0, 0.1) is 0 Å². The molecule has 15 heavy (non-hydrogen) atoms. The summed E-state index contributed by atoms with van der Waals surface area (Å²) in [6.45, 7) is 3.72. The van der Waals surface area contributed by atoms with E-state index in [1.807, 2.05) is 12.1 Å². The fourth-order valence-corrected chi connectivity index (χ4v) is 1.62. The van der Waals surface area contributed by atoms with Crippen LogP contribution in [0.1, 0.15) is 24.8 Å². The van der Waals surface area contributed by atoms with Crippen molar-refractivity contribution in [3.63, 3.8) is 0 Å². The molecule has 0 aliphatic carbocycles. The van der Waals surface area contributed by atoms with Crippen molar-refractivity contribution in [1.29, 1.82) is 0 Å². The fraction of sp³-hybridized carbons (Fsp3) is 0.385. The molecule has 1 aromatic carbocycles. The fourth-order valence-electron chi connectivity index (χ4n) is 1.62. The summed E-state index contributed by atoms with van der Waals surface area (Å²) >= 11 is 0. The number of hydrogen-bond acceptors (Lipinski definition) is 2. The number of aryl methyl sites for hydroxylation is 1. The van der Waals surface area contributed by atoms with E-state index in [9.17, 15) is 0 Å². The number of hydrazine groups is 1. The van der Waals surface area contributed by atoms with Gasteiger partial charge in [0, 0.05) is 6.04 Å². The van der Waals surface area contributed by atoms with Crippen LogP contribution in [-0.4, -0.2) is 6.04 Å². The van der Waals surface area contributed by atoms with Crippen molar-refractivity contribution in [2.45, 2.75) is 31.7 Å². The first-order chi connectivity index (χ1) is 7.36. The van der Waals surface area contributed by atoms with Crippen LogP contribution in [0.15, 0.2) is 43.0 Å². The molecule has 0 aromatic heterocycles. The Labute approximate surface area is 92.2 Å². The molecular formula is C13H20N2. The Morgan fingerprint density at radius 2 is 2.00 bits per heavy atom. The highest BCUT2D eigenvalue weighted by Gasteiger charge is 2.04. The first kappa shape index (κ1) is 12.0. The van der Waals surface area contributed by atoms with Gasteiger partial charge >= 0.3 is 0 Å². The molecule has 0 saturated carbocycles. The third-order valence-electron chi connectivity index (χ3n) is 2.58. The lowest BCUT2D eigenvalue weighted by molar-refractivity contribution is 0.467. The minimum atomic E-state index is 0.392. The number of rotatable bonds is 7. The zero-order valence-corrected chi connectivity index (χ0v) is 9.15. The monoisotopic (exact) mass is 204 g/mol. The number of nitrogens with two attached hydrogens (primary N) is 1. The zero-order chi connectivity index (χ0) is 10.9. The van der Waals surface area contributed by atoms with Crippen molar-refractivity contribution in [2.24, 2.45) is 5.84 Å². The van der Waals surface area contributed by atoms with Gasteiger partial charge in [-0.25, -0.2) is 0 Å². The molecule has 0 heterocycles. The van der Waals surface area contributed by atoms with Gasteiger partial charge in [0.2, 0.25) is 0 Å². The van der Waals surface area contributed by atoms with Crippen molar-refractivity contribution in [1.82, 2.24) is 5.43 Å². The van der Waals surface area contributed by atoms with Crippen LogP contribution in [0.3, 0.4) is 0 Å². The molecule has 1 unspecified atom stereocenters. The maximum absolute atomic E-state index is 5.49. The predicted molar refractivity (Wildman–Crippen MR) is 65.3 cm³/mol. The van der Waals surface area contributed by atoms with E-state index in [1.54, 1.807) is 0 Å². The first-order valence-electron chi connectivity index (χ1n) is 5.47. The first-order valence-corrected chi connectivity index (χ1v) is 5.47. The van der Waals surface area contributed by atoms with E-state index in [1.165, 1.54) is 5.56 Å². The van der Waals surface area contributed by atoms with E-state index in [2.05, 4.69) is 36.3 Å². The molecule has 1 atom stereocenters. The van der Waals surface area contributed by atoms with Gasteiger partial charge in [-0.1, -0.05) is 36.4 Å². The molecule has 2 heteroatoms. The van der Waals surface area contributed by atoms with E-state index in [-0.39, 0.29) is 0 Å². The van der Waals surface area contributed by atoms with Crippen molar-refractivity contribution < 1.29 is 0 Å². The lowest BCUT2D eigenvalue weighted by atomic mass is 10.0. The summed E-state index contributed by atoms with van der Waals surface area (Å²) in [5.74, 6) is 5.49. The molecule has 0 fully saturated rings. The second-order valence-corrected chi connectivity index (χ2v) is 3.75. The van der Waals surface area contributed by atoms with E-state index in [0.29, 0.717) is 6.04 Å². The Morgan fingerprint density at radius 1 is 1.27 bits per heavy atom. The lowest BCUT2D eigenvalue weighted by Crippen LogP contribution is -2.35. The molecule has 0 aliphatic heterocycles. The largest absolute Gasteiger partial charge is 0.271 e. The van der Waals surface area contributed by atoms with Crippen molar-refractivity contribution >= 4 is 0 Å². The van der Waals surface area contributed by atoms with Gasteiger partial charge in [-0.15, -0.1) is 6.58 Å². The maximum atomic E-state index is 5.49. The molecule has 1 aromatic rings. The van der Waals surface area contributed by atoms with Crippen molar-refractivity contribution in [2.75, 3.05) is 0 Å². The third-order valence-corrected chi connectivity index (χ3v) is 2.58. The normalized spacial score (nSPS) is 12.3. The second kappa shape index (κ2) is 7.21. The minimum Gasteiger partial charge on any atom is -0.271 e. The van der Waals surface area contributed by atoms with Crippen LogP contribution < -0.4 is 11.3 Å². The summed E-state index contributed by atoms with van der Waals surface area (Å²) in [5, 5.41) is 0. The molecule has 0 amide bonds. The molecule has 82 valence electrons. The number of allylic oxidation sites excluding steroid dienone is 1. The van der Waals surface area contributed by atoms with Gasteiger partial charge in [-0.05, 0) is 31.2 Å². The lowest BCUT2D eigenvalue weighted by Gasteiger charge is -2.14. The average Bonchev–Trinajstić information content (AvgIpc) is 2.31. The summed E-state index contributed by atoms with van der Waals surface area (Å²) in [7, 11) is 0. The van der Waals surface area contributed by atoms with Crippen LogP contribution >= 0.6 is 0 Å². The van der Waals surface area contributed by atoms with Crippen LogP contribution in [0.2, 0.25) is 0 Å². The highest BCUT2D eigenvalue weighted by molar-refractivity contribution is 5.14. The number of benzene rings is 1. The smallest absolute Gasteiger partial charge is 0.0216 e. The van der Waals surface area contributed by atoms with Gasteiger partial charge < -0.3 is 0 Å². The van der Waals surface area contributed by atoms with Crippen molar-refractivity contribution in [3.05, 3.63) is 48.6 Å². The second-order valence-electron chi connectivity index (χ2n) is 3.75. The van der Waals surface area contributed by atoms with Crippen LogP contribution in [-0.2, 0) is 6.42 Å². The molecule has 0 bridgehead atoms. The van der Waals surface area contributed by atoms with Gasteiger partial charge in [0.05, 0.1) is 0 Å². The summed E-state index contributed by atoms with van der Waals surface area (Å²) in [4.78, 5) is 0. The van der Waals surface area contributed by atoms with Gasteiger partial charge in [0.1, 0.15) is 0 Å². The summed E-state index contributed by atoms with van der Waals surface area (Å²) in [5.41, 5.74) is 4.23. The predicted octanol–water partition coefficient (Wildman–Crippen LogP) is 2.42. The molecule has 0 radical (unpaired) electrons. The highest BCUT2D eigenvalue weighted by atomic mass is 15.2. The van der Waals surface area contributed by atoms with Gasteiger partial charge in [0.25, 0.3) is 0 Å². The van der Waals surface area contributed by atoms with E-state index < -0.39 is 0 Å². The SMILES string of the molecule is C=CCCC(CCc1ccccc1)NN. The topological polar surface area (TPSA) is 38.0 Å². The third kappa shape index (κ3) is 4.77. The summed E-state index contributed by atoms with van der Waals surface area (Å²) < 4.78 is 0. The average molecular weight is 204 g/mol. The van der Waals surface area contributed by atoms with E-state index >= 15 is 0 Å². The molecule has 0 aliphatic rings. The van der Waals surface area contributed by atoms with Gasteiger partial charge in [0.15, 0.2) is 0 Å². The molecule has 0 saturated heterocycles. The van der Waals surface area contributed by atoms with Crippen LogP contribution in [0.5, 0.6) is 0 Å². The molecule has 0 spiro atoms. The van der Waals surface area contributed by atoms with Crippen molar-refractivity contribution in [3.8, 4) is 0 Å². The van der Waals surface area contributed by atoms with E-state index in [4.69, 9.17) is 5.84 Å². The molecule has 1 rings (SSSR count). The Morgan fingerprint density at radius 3 is 2.60 bits per heavy atom. The van der Waals surface area contributed by atoms with Crippen LogP contribution in [0.25, 0.3) is 0 Å².